The Hall–Kier alpha value is -2.68. The van der Waals surface area contributed by atoms with Crippen molar-refractivity contribution < 1.29 is 22.5 Å². The number of anilines is 1. The molecule has 9 heteroatoms. The van der Waals surface area contributed by atoms with Crippen LogP contribution in [0.25, 0.3) is 0 Å². The second-order valence-electron chi connectivity index (χ2n) is 4.58. The van der Waals surface area contributed by atoms with Crippen molar-refractivity contribution in [3.8, 4) is 11.5 Å². The van der Waals surface area contributed by atoms with Gasteiger partial charge in [-0.1, -0.05) is 6.92 Å². The Bertz CT molecular complexity index is 850. The molecule has 0 fully saturated rings. The third-order valence-electron chi connectivity index (χ3n) is 3.07. The van der Waals surface area contributed by atoms with Crippen LogP contribution in [0, 0.1) is 15.9 Å². The Kier molecular flexibility index (Phi) is 4.50. The van der Waals surface area contributed by atoms with Crippen LogP contribution in [0.3, 0.4) is 0 Å². The number of nitrogens with zero attached hydrogens (tertiary/aromatic N) is 1. The van der Waals surface area contributed by atoms with Gasteiger partial charge in [-0.3, -0.25) is 10.1 Å². The molecular formula is C14H13FN2O5S. The zero-order valence-electron chi connectivity index (χ0n) is 12.0. The predicted octanol–water partition coefficient (Wildman–Crippen LogP) is 2.90. The maximum absolute atomic E-state index is 13.8. The highest BCUT2D eigenvalue weighted by Gasteiger charge is 2.18. The Morgan fingerprint density at radius 1 is 1.26 bits per heavy atom. The van der Waals surface area contributed by atoms with Crippen LogP contribution in [0.5, 0.6) is 11.5 Å². The number of nitrogens with two attached hydrogens (primary N) is 1. The number of nitro groups is 1. The average Bonchev–Trinajstić information content (AvgIpc) is 2.50. The molecule has 2 N–H and O–H groups in total. The molecule has 0 amide bonds. The number of ether oxygens (including phenoxy) is 1. The molecule has 2 aromatic carbocycles. The zero-order chi connectivity index (χ0) is 17.2. The van der Waals surface area contributed by atoms with Crippen molar-refractivity contribution in [3.63, 3.8) is 0 Å². The summed E-state index contributed by atoms with van der Waals surface area (Å²) in [6.07, 6.45) is 0. The molecule has 0 saturated heterocycles. The van der Waals surface area contributed by atoms with E-state index in [2.05, 4.69) is 0 Å². The summed E-state index contributed by atoms with van der Waals surface area (Å²) in [5.41, 5.74) is 4.57. The quantitative estimate of drug-likeness (QED) is 0.509. The molecule has 0 spiro atoms. The molecule has 0 atom stereocenters. The van der Waals surface area contributed by atoms with Gasteiger partial charge in [-0.05, 0) is 24.3 Å². The third-order valence-corrected chi connectivity index (χ3v) is 4.82. The van der Waals surface area contributed by atoms with Crippen LogP contribution < -0.4 is 10.5 Å². The van der Waals surface area contributed by atoms with Crippen LogP contribution >= 0.6 is 0 Å². The molecule has 0 heterocycles. The van der Waals surface area contributed by atoms with Gasteiger partial charge in [0.1, 0.15) is 11.4 Å². The topological polar surface area (TPSA) is 113 Å². The van der Waals surface area contributed by atoms with E-state index in [4.69, 9.17) is 10.5 Å². The second kappa shape index (κ2) is 6.21. The van der Waals surface area contributed by atoms with Gasteiger partial charge < -0.3 is 10.5 Å². The molecule has 0 aliphatic carbocycles. The van der Waals surface area contributed by atoms with Gasteiger partial charge in [0, 0.05) is 6.07 Å². The maximum Gasteiger partial charge on any atom is 0.296 e. The standard InChI is InChI=1S/C14H13FN2O5S/c1-2-23(20,21)10-5-3-9(4-6-10)22-14-8-13(17(18)19)12(16)7-11(14)15/h3-8H,2,16H2,1H3. The van der Waals surface area contributed by atoms with E-state index in [1.807, 2.05) is 0 Å². The molecule has 0 bridgehead atoms. The molecule has 0 unspecified atom stereocenters. The first-order valence-electron chi connectivity index (χ1n) is 6.48. The first-order valence-corrected chi connectivity index (χ1v) is 8.14. The van der Waals surface area contributed by atoms with Crippen LogP contribution in [-0.4, -0.2) is 19.1 Å². The van der Waals surface area contributed by atoms with Crippen molar-refractivity contribution in [2.45, 2.75) is 11.8 Å². The Labute approximate surface area is 131 Å². The van der Waals surface area contributed by atoms with Crippen LogP contribution in [0.2, 0.25) is 0 Å². The number of hydrogen-bond acceptors (Lipinski definition) is 6. The maximum atomic E-state index is 13.8. The monoisotopic (exact) mass is 340 g/mol. The van der Waals surface area contributed by atoms with E-state index in [1.165, 1.54) is 31.2 Å². The van der Waals surface area contributed by atoms with Gasteiger partial charge in [-0.25, -0.2) is 12.8 Å². The highest BCUT2D eigenvalue weighted by atomic mass is 32.2. The summed E-state index contributed by atoms with van der Waals surface area (Å²) >= 11 is 0. The number of benzene rings is 2. The smallest absolute Gasteiger partial charge is 0.296 e. The van der Waals surface area contributed by atoms with Gasteiger partial charge in [0.15, 0.2) is 21.4 Å². The summed E-state index contributed by atoms with van der Waals surface area (Å²) in [6.45, 7) is 1.52. The Morgan fingerprint density at radius 2 is 1.87 bits per heavy atom. The molecule has 0 aromatic heterocycles. The highest BCUT2D eigenvalue weighted by molar-refractivity contribution is 7.91. The zero-order valence-corrected chi connectivity index (χ0v) is 12.8. The van der Waals surface area contributed by atoms with E-state index in [0.29, 0.717) is 0 Å². The van der Waals surface area contributed by atoms with E-state index >= 15 is 0 Å². The fourth-order valence-corrected chi connectivity index (χ4v) is 2.69. The Morgan fingerprint density at radius 3 is 2.39 bits per heavy atom. The molecule has 2 aromatic rings. The predicted molar refractivity (Wildman–Crippen MR) is 81.7 cm³/mol. The molecule has 7 nitrogen and oxygen atoms in total. The van der Waals surface area contributed by atoms with E-state index in [-0.39, 0.29) is 27.8 Å². The number of rotatable bonds is 5. The SMILES string of the molecule is CCS(=O)(=O)c1ccc(Oc2cc([N+](=O)[O-])c(N)cc2F)cc1. The lowest BCUT2D eigenvalue weighted by Crippen LogP contribution is -2.03. The molecule has 122 valence electrons. The van der Waals surface area contributed by atoms with Crippen molar-refractivity contribution in [2.24, 2.45) is 0 Å². The fourth-order valence-electron chi connectivity index (χ4n) is 1.80. The molecule has 0 radical (unpaired) electrons. The van der Waals surface area contributed by atoms with Crippen molar-refractivity contribution >= 4 is 21.2 Å². The largest absolute Gasteiger partial charge is 0.454 e. The number of halogens is 1. The first kappa shape index (κ1) is 16.7. The molecular weight excluding hydrogens is 327 g/mol. The van der Waals surface area contributed by atoms with Gasteiger partial charge in [0.2, 0.25) is 0 Å². The van der Waals surface area contributed by atoms with Crippen LogP contribution in [0.15, 0.2) is 41.3 Å². The van der Waals surface area contributed by atoms with Gasteiger partial charge in [0.05, 0.1) is 21.6 Å². The minimum Gasteiger partial charge on any atom is -0.454 e. The molecule has 0 saturated carbocycles. The van der Waals surface area contributed by atoms with Gasteiger partial charge in [-0.15, -0.1) is 0 Å². The fraction of sp³-hybridized carbons (Fsp3) is 0.143. The lowest BCUT2D eigenvalue weighted by molar-refractivity contribution is -0.384. The number of sulfone groups is 1. The minimum absolute atomic E-state index is 0.0496. The number of nitrogen functional groups attached to an aromatic ring is 1. The summed E-state index contributed by atoms with van der Waals surface area (Å²) < 4.78 is 42.4. The summed E-state index contributed by atoms with van der Waals surface area (Å²) in [5.74, 6) is -1.15. The highest BCUT2D eigenvalue weighted by Crippen LogP contribution is 2.33. The summed E-state index contributed by atoms with van der Waals surface area (Å²) in [4.78, 5) is 10.2. The number of hydrogen-bond donors (Lipinski definition) is 1. The molecule has 0 aliphatic rings. The summed E-state index contributed by atoms with van der Waals surface area (Å²) in [5, 5.41) is 10.8. The lowest BCUT2D eigenvalue weighted by Gasteiger charge is -2.08. The number of nitro benzene ring substituents is 1. The van der Waals surface area contributed by atoms with E-state index in [1.54, 1.807) is 0 Å². The van der Waals surface area contributed by atoms with E-state index in [9.17, 15) is 22.9 Å². The second-order valence-corrected chi connectivity index (χ2v) is 6.85. The van der Waals surface area contributed by atoms with Crippen LogP contribution in [-0.2, 0) is 9.84 Å². The molecule has 23 heavy (non-hydrogen) atoms. The van der Waals surface area contributed by atoms with Crippen molar-refractivity contribution in [2.75, 3.05) is 11.5 Å². The first-order chi connectivity index (χ1) is 10.7. The summed E-state index contributed by atoms with van der Waals surface area (Å²) in [6, 6.07) is 6.98. The van der Waals surface area contributed by atoms with Crippen molar-refractivity contribution in [3.05, 3.63) is 52.3 Å². The summed E-state index contributed by atoms with van der Waals surface area (Å²) in [7, 11) is -3.36. The van der Waals surface area contributed by atoms with Gasteiger partial charge in [0.25, 0.3) is 5.69 Å². The van der Waals surface area contributed by atoms with Crippen LogP contribution in [0.1, 0.15) is 6.92 Å². The van der Waals surface area contributed by atoms with Gasteiger partial charge in [-0.2, -0.15) is 0 Å². The van der Waals surface area contributed by atoms with Crippen molar-refractivity contribution in [1.82, 2.24) is 0 Å². The normalized spacial score (nSPS) is 11.2. The van der Waals surface area contributed by atoms with Gasteiger partial charge >= 0.3 is 0 Å². The Balaban J connectivity index is 2.33. The average molecular weight is 340 g/mol. The van der Waals surface area contributed by atoms with Crippen molar-refractivity contribution in [1.29, 1.82) is 0 Å². The third kappa shape index (κ3) is 3.57. The lowest BCUT2D eigenvalue weighted by atomic mass is 10.2. The van der Waals surface area contributed by atoms with E-state index in [0.717, 1.165) is 12.1 Å². The van der Waals surface area contributed by atoms with E-state index < -0.39 is 26.3 Å². The van der Waals surface area contributed by atoms with Crippen LogP contribution in [0.4, 0.5) is 15.8 Å². The molecule has 0 aliphatic heterocycles. The molecule has 2 rings (SSSR count). The minimum atomic E-state index is -3.36.